The molecular formula is C18H16F2N2O3. The molecule has 1 aromatic heterocycles. The van der Waals surface area contributed by atoms with Crippen LogP contribution in [0.25, 0.3) is 5.69 Å². The monoisotopic (exact) mass is 346 g/mol. The molecule has 0 amide bonds. The molecular weight excluding hydrogens is 330 g/mol. The maximum absolute atomic E-state index is 12.3. The summed E-state index contributed by atoms with van der Waals surface area (Å²) in [5.41, 5.74) is 2.66. The standard InChI is InChI=1S/C18H16F2N2O3/c19-18(20)25-15-7-2-5-13-11-22(21-16(13)9-3-8-15)14-6-1-4-12(10-14)17(23)24/h1,3-4,6-8,10-11,18H,2,5,9H2,(H,23,24)/b8-3-,15-7+. The van der Waals surface area contributed by atoms with Gasteiger partial charge in [-0.3, -0.25) is 0 Å². The van der Waals surface area contributed by atoms with Gasteiger partial charge in [0.15, 0.2) is 0 Å². The summed E-state index contributed by atoms with van der Waals surface area (Å²) in [6.07, 6.45) is 8.36. The number of benzene rings is 1. The predicted octanol–water partition coefficient (Wildman–Crippen LogP) is 3.74. The number of halogens is 2. The van der Waals surface area contributed by atoms with Crippen molar-refractivity contribution in [2.45, 2.75) is 25.9 Å². The Morgan fingerprint density at radius 3 is 2.96 bits per heavy atom. The lowest BCUT2D eigenvalue weighted by Crippen LogP contribution is -2.00. The molecule has 1 aliphatic carbocycles. The van der Waals surface area contributed by atoms with E-state index in [9.17, 15) is 13.6 Å². The zero-order valence-corrected chi connectivity index (χ0v) is 13.2. The Morgan fingerprint density at radius 1 is 1.36 bits per heavy atom. The zero-order chi connectivity index (χ0) is 17.8. The van der Waals surface area contributed by atoms with Crippen LogP contribution >= 0.6 is 0 Å². The molecule has 7 heteroatoms. The van der Waals surface area contributed by atoms with Crippen LogP contribution in [0, 0.1) is 0 Å². The Kier molecular flexibility index (Phi) is 4.92. The van der Waals surface area contributed by atoms with E-state index in [0.717, 1.165) is 11.3 Å². The van der Waals surface area contributed by atoms with E-state index >= 15 is 0 Å². The van der Waals surface area contributed by atoms with Gasteiger partial charge in [0.25, 0.3) is 0 Å². The summed E-state index contributed by atoms with van der Waals surface area (Å²) in [7, 11) is 0. The van der Waals surface area contributed by atoms with Crippen LogP contribution in [0.15, 0.2) is 54.4 Å². The number of fused-ring (bicyclic) bond motifs is 1. The van der Waals surface area contributed by atoms with Gasteiger partial charge >= 0.3 is 12.6 Å². The van der Waals surface area contributed by atoms with E-state index in [4.69, 9.17) is 5.11 Å². The first-order valence-electron chi connectivity index (χ1n) is 7.75. The Balaban J connectivity index is 1.84. The summed E-state index contributed by atoms with van der Waals surface area (Å²) in [5.74, 6) is -0.842. The highest BCUT2D eigenvalue weighted by molar-refractivity contribution is 5.88. The fourth-order valence-corrected chi connectivity index (χ4v) is 2.65. The lowest BCUT2D eigenvalue weighted by atomic mass is 10.1. The molecule has 1 aromatic carbocycles. The predicted molar refractivity (Wildman–Crippen MR) is 86.9 cm³/mol. The summed E-state index contributed by atoms with van der Waals surface area (Å²) in [6, 6.07) is 6.52. The summed E-state index contributed by atoms with van der Waals surface area (Å²) in [4.78, 5) is 11.1. The van der Waals surface area contributed by atoms with Crippen LogP contribution in [-0.4, -0.2) is 27.5 Å². The Labute approximate surface area is 142 Å². The SMILES string of the molecule is O=C(O)c1cccc(-n2cc3c(n2)C/C=C\C(OC(F)F)=C/CC3)c1. The molecule has 3 rings (SSSR count). The number of aryl methyl sites for hydroxylation is 1. The van der Waals surface area contributed by atoms with Gasteiger partial charge < -0.3 is 9.84 Å². The second-order valence-electron chi connectivity index (χ2n) is 5.53. The van der Waals surface area contributed by atoms with E-state index in [1.807, 2.05) is 6.20 Å². The highest BCUT2D eigenvalue weighted by Crippen LogP contribution is 2.19. The topological polar surface area (TPSA) is 64.3 Å². The van der Waals surface area contributed by atoms with Gasteiger partial charge in [-0.25, -0.2) is 9.48 Å². The molecule has 1 heterocycles. The summed E-state index contributed by atoms with van der Waals surface area (Å²) < 4.78 is 30.8. The van der Waals surface area contributed by atoms with Gasteiger partial charge in [0.05, 0.1) is 16.9 Å². The number of nitrogens with zero attached hydrogens (tertiary/aromatic N) is 2. The first kappa shape index (κ1) is 16.9. The van der Waals surface area contributed by atoms with Gasteiger partial charge in [-0.2, -0.15) is 13.9 Å². The lowest BCUT2D eigenvalue weighted by Gasteiger charge is -2.04. The van der Waals surface area contributed by atoms with Gasteiger partial charge in [-0.15, -0.1) is 0 Å². The smallest absolute Gasteiger partial charge is 0.387 e. The molecule has 130 valence electrons. The second-order valence-corrected chi connectivity index (χ2v) is 5.53. The number of hydrogen-bond donors (Lipinski definition) is 1. The van der Waals surface area contributed by atoms with Crippen molar-refractivity contribution in [3.63, 3.8) is 0 Å². The Hall–Kier alpha value is -2.96. The number of carbonyl (C=O) groups is 1. The summed E-state index contributed by atoms with van der Waals surface area (Å²) in [5, 5.41) is 13.6. The van der Waals surface area contributed by atoms with Gasteiger partial charge in [0.2, 0.25) is 0 Å². The van der Waals surface area contributed by atoms with Crippen molar-refractivity contribution in [1.29, 1.82) is 0 Å². The fraction of sp³-hybridized carbons (Fsp3) is 0.222. The molecule has 0 spiro atoms. The van der Waals surface area contributed by atoms with Crippen LogP contribution in [0.5, 0.6) is 0 Å². The minimum absolute atomic E-state index is 0.155. The van der Waals surface area contributed by atoms with Crippen molar-refractivity contribution in [2.75, 3.05) is 0 Å². The van der Waals surface area contributed by atoms with Crippen molar-refractivity contribution in [3.8, 4) is 5.69 Å². The molecule has 25 heavy (non-hydrogen) atoms. The number of aromatic carboxylic acids is 1. The van der Waals surface area contributed by atoms with Crippen LogP contribution in [0.2, 0.25) is 0 Å². The highest BCUT2D eigenvalue weighted by Gasteiger charge is 2.12. The second kappa shape index (κ2) is 7.29. The molecule has 0 unspecified atom stereocenters. The summed E-state index contributed by atoms with van der Waals surface area (Å²) >= 11 is 0. The zero-order valence-electron chi connectivity index (χ0n) is 13.2. The van der Waals surface area contributed by atoms with E-state index in [2.05, 4.69) is 9.84 Å². The van der Waals surface area contributed by atoms with E-state index in [1.54, 1.807) is 35.0 Å². The lowest BCUT2D eigenvalue weighted by molar-refractivity contribution is -0.0922. The molecule has 0 radical (unpaired) electrons. The third kappa shape index (κ3) is 4.12. The molecule has 0 atom stereocenters. The first-order valence-corrected chi connectivity index (χ1v) is 7.75. The number of carboxylic acids is 1. The summed E-state index contributed by atoms with van der Waals surface area (Å²) in [6.45, 7) is -2.84. The van der Waals surface area contributed by atoms with Gasteiger partial charge in [0, 0.05) is 12.6 Å². The van der Waals surface area contributed by atoms with Crippen molar-refractivity contribution >= 4 is 5.97 Å². The maximum atomic E-state index is 12.3. The molecule has 1 aliphatic rings. The van der Waals surface area contributed by atoms with E-state index in [-0.39, 0.29) is 11.3 Å². The third-order valence-electron chi connectivity index (χ3n) is 3.81. The van der Waals surface area contributed by atoms with Crippen molar-refractivity contribution in [2.24, 2.45) is 0 Å². The van der Waals surface area contributed by atoms with Gasteiger partial charge in [0.1, 0.15) is 5.76 Å². The maximum Gasteiger partial charge on any atom is 0.387 e. The van der Waals surface area contributed by atoms with E-state index in [0.29, 0.717) is 24.9 Å². The van der Waals surface area contributed by atoms with Crippen molar-refractivity contribution in [3.05, 3.63) is 71.3 Å². The molecule has 0 saturated heterocycles. The highest BCUT2D eigenvalue weighted by atomic mass is 19.3. The van der Waals surface area contributed by atoms with Crippen LogP contribution in [0.4, 0.5) is 8.78 Å². The van der Waals surface area contributed by atoms with Gasteiger partial charge in [-0.05, 0) is 48.8 Å². The van der Waals surface area contributed by atoms with E-state index < -0.39 is 12.6 Å². The van der Waals surface area contributed by atoms with Crippen LogP contribution in [-0.2, 0) is 17.6 Å². The van der Waals surface area contributed by atoms with Crippen LogP contribution in [0.1, 0.15) is 28.0 Å². The molecule has 2 aromatic rings. The van der Waals surface area contributed by atoms with Gasteiger partial charge in [-0.1, -0.05) is 12.1 Å². The quantitative estimate of drug-likeness (QED) is 0.916. The molecule has 5 nitrogen and oxygen atoms in total. The molecule has 0 saturated carbocycles. The minimum Gasteiger partial charge on any atom is -0.478 e. The number of rotatable bonds is 4. The van der Waals surface area contributed by atoms with Crippen LogP contribution < -0.4 is 0 Å². The minimum atomic E-state index is -2.84. The third-order valence-corrected chi connectivity index (χ3v) is 3.81. The Bertz CT molecular complexity index is 841. The number of alkyl halides is 2. The normalized spacial score (nSPS) is 17.6. The number of ether oxygens (including phenoxy) is 1. The number of hydrogen-bond acceptors (Lipinski definition) is 3. The van der Waals surface area contributed by atoms with Crippen molar-refractivity contribution < 1.29 is 23.4 Å². The van der Waals surface area contributed by atoms with E-state index in [1.165, 1.54) is 12.1 Å². The average molecular weight is 346 g/mol. The number of aromatic nitrogens is 2. The molecule has 1 N–H and O–H groups in total. The first-order chi connectivity index (χ1) is 12.0. The fourth-order valence-electron chi connectivity index (χ4n) is 2.65. The molecule has 0 aliphatic heterocycles. The molecule has 0 fully saturated rings. The number of carboxylic acid groups (broad SMARTS) is 1. The van der Waals surface area contributed by atoms with Crippen molar-refractivity contribution in [1.82, 2.24) is 9.78 Å². The largest absolute Gasteiger partial charge is 0.478 e. The average Bonchev–Trinajstić information content (AvgIpc) is 2.99. The number of allylic oxidation sites excluding steroid dienone is 3. The molecule has 0 bridgehead atoms. The van der Waals surface area contributed by atoms with Crippen LogP contribution in [0.3, 0.4) is 0 Å². The Morgan fingerprint density at radius 2 is 2.20 bits per heavy atom.